The molecule has 6 heteroatoms. The van der Waals surface area contributed by atoms with Crippen LogP contribution < -0.4 is 10.5 Å². The van der Waals surface area contributed by atoms with E-state index in [2.05, 4.69) is 4.72 Å². The molecule has 1 heterocycles. The Kier molecular flexibility index (Phi) is 5.67. The topological polar surface area (TPSA) is 85.3 Å². The molecule has 1 unspecified atom stereocenters. The summed E-state index contributed by atoms with van der Waals surface area (Å²) in [7, 11) is -3.19. The second-order valence-electron chi connectivity index (χ2n) is 4.10. The highest BCUT2D eigenvalue weighted by atomic mass is 32.2. The van der Waals surface area contributed by atoms with Crippen molar-refractivity contribution in [2.75, 3.05) is 12.3 Å². The molecule has 1 rings (SSSR count). The van der Waals surface area contributed by atoms with E-state index < -0.39 is 10.0 Å². The predicted molar refractivity (Wildman–Crippen MR) is 67.1 cm³/mol. The van der Waals surface area contributed by atoms with Gasteiger partial charge in [0.2, 0.25) is 10.0 Å². The minimum Gasteiger partial charge on any atom is -0.469 e. The van der Waals surface area contributed by atoms with E-state index in [4.69, 9.17) is 10.2 Å². The molecule has 0 aromatic carbocycles. The van der Waals surface area contributed by atoms with Gasteiger partial charge >= 0.3 is 0 Å². The number of hydrogen-bond donors (Lipinski definition) is 2. The van der Waals surface area contributed by atoms with Crippen molar-refractivity contribution in [3.8, 4) is 0 Å². The van der Waals surface area contributed by atoms with Crippen LogP contribution in [0.4, 0.5) is 0 Å². The molecule has 0 bridgehead atoms. The van der Waals surface area contributed by atoms with Gasteiger partial charge in [0, 0.05) is 12.5 Å². The number of rotatable bonds is 8. The van der Waals surface area contributed by atoms with E-state index in [9.17, 15) is 8.42 Å². The van der Waals surface area contributed by atoms with Gasteiger partial charge < -0.3 is 10.2 Å². The van der Waals surface area contributed by atoms with Crippen LogP contribution in [-0.2, 0) is 16.4 Å². The molecule has 1 aromatic heterocycles. The largest absolute Gasteiger partial charge is 0.469 e. The lowest BCUT2D eigenvalue weighted by atomic mass is 10.2. The van der Waals surface area contributed by atoms with Crippen LogP contribution in [-0.4, -0.2) is 26.8 Å². The molecule has 3 N–H and O–H groups in total. The Labute approximate surface area is 102 Å². The van der Waals surface area contributed by atoms with Crippen molar-refractivity contribution >= 4 is 10.0 Å². The van der Waals surface area contributed by atoms with Gasteiger partial charge in [0.25, 0.3) is 0 Å². The van der Waals surface area contributed by atoms with Crippen molar-refractivity contribution in [1.82, 2.24) is 4.72 Å². The summed E-state index contributed by atoms with van der Waals surface area (Å²) < 4.78 is 31.0. The highest BCUT2D eigenvalue weighted by molar-refractivity contribution is 7.89. The Hall–Kier alpha value is -0.850. The average molecular weight is 260 g/mol. The van der Waals surface area contributed by atoms with Gasteiger partial charge in [-0.15, -0.1) is 0 Å². The Morgan fingerprint density at radius 1 is 1.53 bits per heavy atom. The first-order chi connectivity index (χ1) is 8.03. The maximum atomic E-state index is 11.6. The minimum atomic E-state index is -3.19. The lowest BCUT2D eigenvalue weighted by Crippen LogP contribution is -2.35. The predicted octanol–water partition coefficient (Wildman–Crippen LogP) is 0.869. The normalized spacial score (nSPS) is 13.8. The quantitative estimate of drug-likeness (QED) is 0.726. The number of furan rings is 1. The summed E-state index contributed by atoms with van der Waals surface area (Å²) >= 11 is 0. The zero-order valence-electron chi connectivity index (χ0n) is 10.1. The average Bonchev–Trinajstić information content (AvgIpc) is 2.76. The highest BCUT2D eigenvalue weighted by Crippen LogP contribution is 2.06. The molecule has 0 saturated heterocycles. The molecule has 0 spiro atoms. The van der Waals surface area contributed by atoms with Crippen molar-refractivity contribution in [1.29, 1.82) is 0 Å². The van der Waals surface area contributed by atoms with E-state index in [1.807, 2.05) is 19.1 Å². The Bertz CT molecular complexity index is 400. The molecule has 5 nitrogen and oxygen atoms in total. The number of hydrogen-bond acceptors (Lipinski definition) is 4. The Balaban J connectivity index is 2.31. The molecule has 0 aliphatic heterocycles. The van der Waals surface area contributed by atoms with Gasteiger partial charge in [0.1, 0.15) is 5.76 Å². The van der Waals surface area contributed by atoms with Crippen LogP contribution >= 0.6 is 0 Å². The number of nitrogens with two attached hydrogens (primary N) is 1. The standard InChI is InChI=1S/C11H20N2O3S/c1-10(5-6-11-4-2-8-16-11)13-17(14,15)9-3-7-12/h2,4,8,10,13H,3,5-7,9,12H2,1H3. The van der Waals surface area contributed by atoms with Gasteiger partial charge in [0.05, 0.1) is 12.0 Å². The summed E-state index contributed by atoms with van der Waals surface area (Å²) in [6, 6.07) is 3.61. The molecule has 17 heavy (non-hydrogen) atoms. The van der Waals surface area contributed by atoms with E-state index >= 15 is 0 Å². The molecule has 0 aliphatic carbocycles. The first-order valence-electron chi connectivity index (χ1n) is 5.76. The number of sulfonamides is 1. The molecule has 0 aliphatic rings. The molecule has 1 atom stereocenters. The lowest BCUT2D eigenvalue weighted by Gasteiger charge is -2.13. The fraction of sp³-hybridized carbons (Fsp3) is 0.636. The molecule has 0 amide bonds. The van der Waals surface area contributed by atoms with Gasteiger partial charge in [-0.1, -0.05) is 0 Å². The van der Waals surface area contributed by atoms with Crippen LogP contribution in [0, 0.1) is 0 Å². The summed E-state index contributed by atoms with van der Waals surface area (Å²) in [5, 5.41) is 0. The third-order valence-electron chi connectivity index (χ3n) is 2.40. The maximum absolute atomic E-state index is 11.6. The third kappa shape index (κ3) is 5.86. The van der Waals surface area contributed by atoms with E-state index in [-0.39, 0.29) is 11.8 Å². The third-order valence-corrected chi connectivity index (χ3v) is 3.99. The van der Waals surface area contributed by atoms with Gasteiger partial charge in [-0.3, -0.25) is 0 Å². The van der Waals surface area contributed by atoms with Gasteiger partial charge in [-0.25, -0.2) is 13.1 Å². The summed E-state index contributed by atoms with van der Waals surface area (Å²) in [6.07, 6.45) is 3.55. The number of aryl methyl sites for hydroxylation is 1. The van der Waals surface area contributed by atoms with E-state index in [1.165, 1.54) is 0 Å². The van der Waals surface area contributed by atoms with Crippen LogP contribution in [0.1, 0.15) is 25.5 Å². The fourth-order valence-corrected chi connectivity index (χ4v) is 2.91. The Morgan fingerprint density at radius 3 is 2.88 bits per heavy atom. The first-order valence-corrected chi connectivity index (χ1v) is 7.41. The smallest absolute Gasteiger partial charge is 0.211 e. The first kappa shape index (κ1) is 14.2. The maximum Gasteiger partial charge on any atom is 0.211 e. The number of nitrogens with one attached hydrogen (secondary N) is 1. The van der Waals surface area contributed by atoms with Crippen molar-refractivity contribution < 1.29 is 12.8 Å². The van der Waals surface area contributed by atoms with Gasteiger partial charge in [0.15, 0.2) is 0 Å². The van der Waals surface area contributed by atoms with Crippen molar-refractivity contribution in [3.05, 3.63) is 24.2 Å². The highest BCUT2D eigenvalue weighted by Gasteiger charge is 2.13. The van der Waals surface area contributed by atoms with Gasteiger partial charge in [-0.2, -0.15) is 0 Å². The summed E-state index contributed by atoms with van der Waals surface area (Å²) in [5.74, 6) is 0.965. The van der Waals surface area contributed by atoms with Crippen LogP contribution in [0.25, 0.3) is 0 Å². The second kappa shape index (κ2) is 6.78. The monoisotopic (exact) mass is 260 g/mol. The van der Waals surface area contributed by atoms with Gasteiger partial charge in [-0.05, 0) is 38.4 Å². The molecule has 0 saturated carbocycles. The van der Waals surface area contributed by atoms with Crippen LogP contribution in [0.2, 0.25) is 0 Å². The zero-order chi connectivity index (χ0) is 12.7. The Morgan fingerprint density at radius 2 is 2.29 bits per heavy atom. The molecule has 0 radical (unpaired) electrons. The van der Waals surface area contributed by atoms with Crippen molar-refractivity contribution in [2.24, 2.45) is 5.73 Å². The summed E-state index contributed by atoms with van der Waals surface area (Å²) in [6.45, 7) is 2.24. The minimum absolute atomic E-state index is 0.0919. The van der Waals surface area contributed by atoms with E-state index in [0.29, 0.717) is 13.0 Å². The summed E-state index contributed by atoms with van der Waals surface area (Å²) in [5.41, 5.74) is 5.28. The lowest BCUT2D eigenvalue weighted by molar-refractivity contribution is 0.480. The zero-order valence-corrected chi connectivity index (χ0v) is 10.9. The molecular formula is C11H20N2O3S. The van der Waals surface area contributed by atoms with Crippen molar-refractivity contribution in [2.45, 2.75) is 32.2 Å². The summed E-state index contributed by atoms with van der Waals surface area (Å²) in [4.78, 5) is 0. The van der Waals surface area contributed by atoms with E-state index in [0.717, 1.165) is 18.6 Å². The second-order valence-corrected chi connectivity index (χ2v) is 5.97. The van der Waals surface area contributed by atoms with Crippen LogP contribution in [0.5, 0.6) is 0 Å². The van der Waals surface area contributed by atoms with Crippen LogP contribution in [0.15, 0.2) is 22.8 Å². The van der Waals surface area contributed by atoms with Crippen molar-refractivity contribution in [3.63, 3.8) is 0 Å². The van der Waals surface area contributed by atoms with E-state index in [1.54, 1.807) is 6.26 Å². The van der Waals surface area contributed by atoms with Crippen LogP contribution in [0.3, 0.4) is 0 Å². The fourth-order valence-electron chi connectivity index (χ4n) is 1.51. The molecule has 1 aromatic rings. The molecule has 0 fully saturated rings. The molecule has 98 valence electrons. The molecular weight excluding hydrogens is 240 g/mol. The SMILES string of the molecule is CC(CCc1ccco1)NS(=O)(=O)CCCN.